The molecular weight excluding hydrogens is 280 g/mol. The summed E-state index contributed by atoms with van der Waals surface area (Å²) in [7, 11) is 1.72. The van der Waals surface area contributed by atoms with E-state index in [1.165, 1.54) is 10.4 Å². The second-order valence-corrected chi connectivity index (χ2v) is 6.52. The summed E-state index contributed by atoms with van der Waals surface area (Å²) >= 11 is 1.85. The Balaban J connectivity index is 1.49. The average Bonchev–Trinajstić information content (AvgIpc) is 3.02. The molecule has 0 amide bonds. The zero-order valence-electron chi connectivity index (χ0n) is 12.5. The molecule has 4 heteroatoms. The van der Waals surface area contributed by atoms with Crippen LogP contribution in [0, 0.1) is 0 Å². The summed E-state index contributed by atoms with van der Waals surface area (Å²) in [6.45, 7) is 6.71. The Morgan fingerprint density at radius 1 is 1.00 bits per heavy atom. The summed E-state index contributed by atoms with van der Waals surface area (Å²) in [6, 6.07) is 12.8. The van der Waals surface area contributed by atoms with Gasteiger partial charge in [-0.05, 0) is 29.1 Å². The van der Waals surface area contributed by atoms with Gasteiger partial charge < -0.3 is 4.74 Å². The van der Waals surface area contributed by atoms with E-state index < -0.39 is 0 Å². The van der Waals surface area contributed by atoms with Crippen molar-refractivity contribution in [2.24, 2.45) is 0 Å². The van der Waals surface area contributed by atoms with Crippen LogP contribution in [0.2, 0.25) is 0 Å². The van der Waals surface area contributed by atoms with Crippen LogP contribution in [0.3, 0.4) is 0 Å². The lowest BCUT2D eigenvalue weighted by atomic mass is 10.2. The van der Waals surface area contributed by atoms with Crippen LogP contribution in [0.25, 0.3) is 0 Å². The highest BCUT2D eigenvalue weighted by Gasteiger charge is 2.17. The summed E-state index contributed by atoms with van der Waals surface area (Å²) in [5, 5.41) is 2.16. The Morgan fingerprint density at radius 2 is 1.76 bits per heavy atom. The first kappa shape index (κ1) is 14.6. The second kappa shape index (κ2) is 7.07. The van der Waals surface area contributed by atoms with Gasteiger partial charge in [0.2, 0.25) is 0 Å². The van der Waals surface area contributed by atoms with Gasteiger partial charge in [-0.25, -0.2) is 0 Å². The lowest BCUT2D eigenvalue weighted by molar-refractivity contribution is 0.123. The molecule has 0 aliphatic carbocycles. The first-order valence-electron chi connectivity index (χ1n) is 7.43. The molecule has 0 spiro atoms. The van der Waals surface area contributed by atoms with Crippen molar-refractivity contribution in [3.63, 3.8) is 0 Å². The maximum absolute atomic E-state index is 5.29. The second-order valence-electron chi connectivity index (χ2n) is 5.48. The van der Waals surface area contributed by atoms with E-state index in [1.54, 1.807) is 7.11 Å². The monoisotopic (exact) mass is 302 g/mol. The normalized spacial score (nSPS) is 17.0. The minimum atomic E-state index is 0.948. The molecule has 3 nitrogen and oxygen atoms in total. The maximum Gasteiger partial charge on any atom is 0.119 e. The molecule has 1 aromatic carbocycles. The Kier molecular flexibility index (Phi) is 4.91. The number of rotatable bonds is 5. The minimum absolute atomic E-state index is 0.948. The molecule has 0 N–H and O–H groups in total. The van der Waals surface area contributed by atoms with Gasteiger partial charge in [-0.3, -0.25) is 9.80 Å². The molecule has 1 saturated heterocycles. The van der Waals surface area contributed by atoms with Gasteiger partial charge in [-0.2, -0.15) is 0 Å². The number of benzene rings is 1. The van der Waals surface area contributed by atoms with E-state index in [-0.39, 0.29) is 0 Å². The Morgan fingerprint density at radius 3 is 2.43 bits per heavy atom. The van der Waals surface area contributed by atoms with Crippen LogP contribution in [-0.2, 0) is 13.1 Å². The Hall–Kier alpha value is -1.36. The van der Waals surface area contributed by atoms with E-state index in [1.807, 2.05) is 17.4 Å². The first-order chi connectivity index (χ1) is 10.3. The van der Waals surface area contributed by atoms with Crippen molar-refractivity contribution in [2.45, 2.75) is 13.1 Å². The molecule has 112 valence electrons. The van der Waals surface area contributed by atoms with Crippen LogP contribution in [0.15, 0.2) is 41.8 Å². The molecule has 0 saturated carbocycles. The van der Waals surface area contributed by atoms with Crippen molar-refractivity contribution in [1.82, 2.24) is 9.80 Å². The number of hydrogen-bond acceptors (Lipinski definition) is 4. The number of hydrogen-bond donors (Lipinski definition) is 0. The minimum Gasteiger partial charge on any atom is -0.497 e. The van der Waals surface area contributed by atoms with E-state index in [4.69, 9.17) is 4.74 Å². The molecule has 0 bridgehead atoms. The largest absolute Gasteiger partial charge is 0.497 e. The fraction of sp³-hybridized carbons (Fsp3) is 0.412. The van der Waals surface area contributed by atoms with Crippen LogP contribution in [-0.4, -0.2) is 43.1 Å². The third-order valence-electron chi connectivity index (χ3n) is 3.96. The molecule has 1 aromatic heterocycles. The van der Waals surface area contributed by atoms with E-state index in [0.29, 0.717) is 0 Å². The molecule has 0 unspecified atom stereocenters. The number of methoxy groups -OCH3 is 1. The molecule has 1 aliphatic rings. The fourth-order valence-corrected chi connectivity index (χ4v) is 3.50. The van der Waals surface area contributed by atoms with Crippen LogP contribution in [0.4, 0.5) is 0 Å². The Bertz CT molecular complexity index is 548. The quantitative estimate of drug-likeness (QED) is 0.844. The average molecular weight is 302 g/mol. The van der Waals surface area contributed by atoms with Gasteiger partial charge in [0.1, 0.15) is 5.75 Å². The third kappa shape index (κ3) is 4.06. The SMILES string of the molecule is COc1cccc(CN2CCN(Cc3cccs3)CC2)c1. The Labute approximate surface area is 130 Å². The summed E-state index contributed by atoms with van der Waals surface area (Å²) in [4.78, 5) is 6.55. The summed E-state index contributed by atoms with van der Waals surface area (Å²) in [5.74, 6) is 0.948. The van der Waals surface area contributed by atoms with Gasteiger partial charge >= 0.3 is 0 Å². The van der Waals surface area contributed by atoms with E-state index in [9.17, 15) is 0 Å². The molecule has 2 heterocycles. The lowest BCUT2D eigenvalue weighted by Crippen LogP contribution is -2.45. The smallest absolute Gasteiger partial charge is 0.119 e. The van der Waals surface area contributed by atoms with Gasteiger partial charge in [0.15, 0.2) is 0 Å². The van der Waals surface area contributed by atoms with Gasteiger partial charge in [0.25, 0.3) is 0 Å². The van der Waals surface area contributed by atoms with Crippen LogP contribution in [0.5, 0.6) is 5.75 Å². The van der Waals surface area contributed by atoms with Crippen molar-refractivity contribution in [3.05, 3.63) is 52.2 Å². The summed E-state index contributed by atoms with van der Waals surface area (Å²) < 4.78 is 5.29. The number of nitrogens with zero attached hydrogens (tertiary/aromatic N) is 2. The van der Waals surface area contributed by atoms with Crippen molar-refractivity contribution in [2.75, 3.05) is 33.3 Å². The van der Waals surface area contributed by atoms with Crippen LogP contribution >= 0.6 is 11.3 Å². The maximum atomic E-state index is 5.29. The molecule has 3 rings (SSSR count). The van der Waals surface area contributed by atoms with E-state index in [2.05, 4.69) is 45.5 Å². The molecule has 2 aromatic rings. The van der Waals surface area contributed by atoms with Gasteiger partial charge in [0.05, 0.1) is 7.11 Å². The van der Waals surface area contributed by atoms with E-state index >= 15 is 0 Å². The van der Waals surface area contributed by atoms with Crippen LogP contribution < -0.4 is 4.74 Å². The summed E-state index contributed by atoms with van der Waals surface area (Å²) in [5.41, 5.74) is 1.33. The van der Waals surface area contributed by atoms with Gasteiger partial charge in [-0.15, -0.1) is 11.3 Å². The predicted octanol–water partition coefficient (Wildman–Crippen LogP) is 3.07. The van der Waals surface area contributed by atoms with Crippen molar-refractivity contribution in [1.29, 1.82) is 0 Å². The molecule has 1 fully saturated rings. The molecule has 0 atom stereocenters. The predicted molar refractivity (Wildman–Crippen MR) is 87.9 cm³/mol. The van der Waals surface area contributed by atoms with E-state index in [0.717, 1.165) is 45.0 Å². The van der Waals surface area contributed by atoms with Crippen molar-refractivity contribution >= 4 is 11.3 Å². The highest BCUT2D eigenvalue weighted by atomic mass is 32.1. The molecule has 1 aliphatic heterocycles. The highest BCUT2D eigenvalue weighted by molar-refractivity contribution is 7.09. The number of ether oxygens (including phenoxy) is 1. The standard InChI is InChI=1S/C17H22N2OS/c1-20-16-5-2-4-15(12-16)13-18-7-9-19(10-8-18)14-17-6-3-11-21-17/h2-6,11-12H,7-10,13-14H2,1H3. The number of piperazine rings is 1. The molecular formula is C17H22N2OS. The summed E-state index contributed by atoms with van der Waals surface area (Å²) in [6.07, 6.45) is 0. The zero-order chi connectivity index (χ0) is 14.5. The topological polar surface area (TPSA) is 15.7 Å². The van der Waals surface area contributed by atoms with Crippen molar-refractivity contribution in [3.8, 4) is 5.75 Å². The molecule has 0 radical (unpaired) electrons. The highest BCUT2D eigenvalue weighted by Crippen LogP contribution is 2.17. The van der Waals surface area contributed by atoms with Gasteiger partial charge in [-0.1, -0.05) is 18.2 Å². The van der Waals surface area contributed by atoms with Crippen molar-refractivity contribution < 1.29 is 4.74 Å². The number of thiophene rings is 1. The third-order valence-corrected chi connectivity index (χ3v) is 4.83. The first-order valence-corrected chi connectivity index (χ1v) is 8.31. The lowest BCUT2D eigenvalue weighted by Gasteiger charge is -2.34. The fourth-order valence-electron chi connectivity index (χ4n) is 2.76. The van der Waals surface area contributed by atoms with Gasteiger partial charge in [0, 0.05) is 44.1 Å². The molecule has 21 heavy (non-hydrogen) atoms. The van der Waals surface area contributed by atoms with Crippen LogP contribution in [0.1, 0.15) is 10.4 Å². The zero-order valence-corrected chi connectivity index (χ0v) is 13.3.